The van der Waals surface area contributed by atoms with Crippen LogP contribution in [0.4, 0.5) is 0 Å². The zero-order valence-corrected chi connectivity index (χ0v) is 11.5. The smallest absolute Gasteiger partial charge is 0.270 e. The Bertz CT molecular complexity index is 875. The zero-order valence-electron chi connectivity index (χ0n) is 11.5. The second kappa shape index (κ2) is 4.15. The highest BCUT2D eigenvalue weighted by atomic mass is 16.2. The summed E-state index contributed by atoms with van der Waals surface area (Å²) in [5.74, 6) is 0.206. The number of hydrogen-bond acceptors (Lipinski definition) is 2. The molecule has 1 saturated heterocycles. The molecule has 1 fully saturated rings. The maximum atomic E-state index is 12.4. The van der Waals surface area contributed by atoms with Crippen molar-refractivity contribution in [1.29, 1.82) is 0 Å². The van der Waals surface area contributed by atoms with Crippen molar-refractivity contribution in [1.82, 2.24) is 24.6 Å². The Morgan fingerprint density at radius 1 is 1.29 bits per heavy atom. The van der Waals surface area contributed by atoms with E-state index in [9.17, 15) is 9.59 Å². The summed E-state index contributed by atoms with van der Waals surface area (Å²) in [7, 11) is 1.95. The van der Waals surface area contributed by atoms with Gasteiger partial charge in [-0.3, -0.25) is 14.7 Å². The van der Waals surface area contributed by atoms with Crippen LogP contribution in [0.1, 0.15) is 22.1 Å². The molecule has 7 nitrogen and oxygen atoms in total. The number of H-pyrrole nitrogens is 3. The highest BCUT2D eigenvalue weighted by molar-refractivity contribution is 5.97. The van der Waals surface area contributed by atoms with Crippen LogP contribution >= 0.6 is 0 Å². The molecule has 1 amide bonds. The highest BCUT2D eigenvalue weighted by Gasteiger charge is 2.33. The minimum absolute atomic E-state index is 0.000308. The number of rotatable bonds is 2. The fourth-order valence-corrected chi connectivity index (χ4v) is 2.84. The highest BCUT2D eigenvalue weighted by Crippen LogP contribution is 2.27. The zero-order chi connectivity index (χ0) is 14.6. The predicted octanol–water partition coefficient (Wildman–Crippen LogP) is 0.762. The first-order valence-corrected chi connectivity index (χ1v) is 6.83. The number of carbonyl (C=O) groups excluding carboxylic acids is 1. The van der Waals surface area contributed by atoms with E-state index in [2.05, 4.69) is 15.2 Å². The normalized spacial score (nSPS) is 15.6. The fourth-order valence-electron chi connectivity index (χ4n) is 2.84. The van der Waals surface area contributed by atoms with Gasteiger partial charge in [-0.25, -0.2) is 0 Å². The summed E-state index contributed by atoms with van der Waals surface area (Å²) >= 11 is 0. The lowest BCUT2D eigenvalue weighted by molar-refractivity contribution is 0.0593. The first-order valence-electron chi connectivity index (χ1n) is 6.83. The summed E-state index contributed by atoms with van der Waals surface area (Å²) in [6.07, 6.45) is 1.96. The molecule has 7 heteroatoms. The van der Waals surface area contributed by atoms with Gasteiger partial charge in [0.05, 0.1) is 11.0 Å². The molecule has 1 aliphatic heterocycles. The summed E-state index contributed by atoms with van der Waals surface area (Å²) in [5, 5.41) is 5.37. The maximum Gasteiger partial charge on any atom is 0.270 e. The number of amides is 1. The van der Waals surface area contributed by atoms with Crippen LogP contribution in [0, 0.1) is 0 Å². The topological polar surface area (TPSA) is 89.7 Å². The molecule has 21 heavy (non-hydrogen) atoms. The van der Waals surface area contributed by atoms with E-state index in [4.69, 9.17) is 0 Å². The Balaban J connectivity index is 1.50. The average Bonchev–Trinajstić information content (AvgIpc) is 3.06. The molecule has 0 aromatic carbocycles. The number of aryl methyl sites for hydroxylation is 1. The maximum absolute atomic E-state index is 12.4. The first kappa shape index (κ1) is 12.1. The Hall–Kier alpha value is -2.70. The molecule has 0 saturated carbocycles. The van der Waals surface area contributed by atoms with Gasteiger partial charge in [0.2, 0.25) is 0 Å². The Morgan fingerprint density at radius 3 is 2.76 bits per heavy atom. The Labute approximate surface area is 119 Å². The number of carbonyl (C=O) groups is 1. The molecule has 0 aliphatic carbocycles. The van der Waals surface area contributed by atoms with E-state index in [0.29, 0.717) is 18.8 Å². The number of aromatic amines is 3. The quantitative estimate of drug-likeness (QED) is 0.649. The van der Waals surface area contributed by atoms with Gasteiger partial charge in [-0.15, -0.1) is 0 Å². The van der Waals surface area contributed by atoms with Gasteiger partial charge in [0.1, 0.15) is 5.69 Å². The van der Waals surface area contributed by atoms with Crippen LogP contribution in [-0.4, -0.2) is 43.6 Å². The molecule has 0 spiro atoms. The van der Waals surface area contributed by atoms with Crippen LogP contribution in [0.2, 0.25) is 0 Å². The molecule has 0 unspecified atom stereocenters. The third kappa shape index (κ3) is 1.81. The van der Waals surface area contributed by atoms with Crippen LogP contribution in [0.5, 0.6) is 0 Å². The minimum atomic E-state index is -0.134. The Kier molecular flexibility index (Phi) is 2.38. The lowest BCUT2D eigenvalue weighted by atomic mass is 9.96. The minimum Gasteiger partial charge on any atom is -0.349 e. The third-order valence-electron chi connectivity index (χ3n) is 4.13. The number of nitrogens with zero attached hydrogens (tertiary/aromatic N) is 2. The van der Waals surface area contributed by atoms with Gasteiger partial charge in [0, 0.05) is 44.0 Å². The first-order chi connectivity index (χ1) is 10.1. The molecule has 1 aliphatic rings. The molecule has 0 bridgehead atoms. The summed E-state index contributed by atoms with van der Waals surface area (Å²) in [4.78, 5) is 28.4. The molecule has 108 valence electrons. The lowest BCUT2D eigenvalue weighted by Gasteiger charge is -2.38. The SMILES string of the molecule is Cn1ccc2[nH]c(C(=O)N3CC(c4cc(=O)[nH][nH]4)C3)cc21. The predicted molar refractivity (Wildman–Crippen MR) is 77.3 cm³/mol. The average molecular weight is 285 g/mol. The van der Waals surface area contributed by atoms with E-state index in [0.717, 1.165) is 16.7 Å². The third-order valence-corrected chi connectivity index (χ3v) is 4.13. The van der Waals surface area contributed by atoms with Gasteiger partial charge in [0.25, 0.3) is 11.5 Å². The molecule has 0 radical (unpaired) electrons. The van der Waals surface area contributed by atoms with Crippen LogP contribution in [-0.2, 0) is 7.05 Å². The van der Waals surface area contributed by atoms with E-state index in [1.54, 1.807) is 11.0 Å². The van der Waals surface area contributed by atoms with E-state index < -0.39 is 0 Å². The molecule has 3 aromatic rings. The molecule has 4 rings (SSSR count). The molecule has 3 aromatic heterocycles. The molecular weight excluding hydrogens is 270 g/mol. The summed E-state index contributed by atoms with van der Waals surface area (Å²) in [6, 6.07) is 5.38. The number of nitrogens with one attached hydrogen (secondary N) is 3. The number of hydrogen-bond donors (Lipinski definition) is 3. The van der Waals surface area contributed by atoms with Gasteiger partial charge < -0.3 is 19.5 Å². The van der Waals surface area contributed by atoms with Crippen molar-refractivity contribution < 1.29 is 4.79 Å². The molecule has 4 heterocycles. The second-order valence-electron chi connectivity index (χ2n) is 5.53. The van der Waals surface area contributed by atoms with Crippen LogP contribution in [0.25, 0.3) is 11.0 Å². The van der Waals surface area contributed by atoms with Crippen molar-refractivity contribution >= 4 is 16.9 Å². The number of fused-ring (bicyclic) bond motifs is 1. The summed E-state index contributed by atoms with van der Waals surface area (Å²) in [5.41, 5.74) is 3.32. The van der Waals surface area contributed by atoms with Crippen molar-refractivity contribution in [3.05, 3.63) is 46.1 Å². The second-order valence-corrected chi connectivity index (χ2v) is 5.53. The van der Waals surface area contributed by atoms with Crippen LogP contribution < -0.4 is 5.56 Å². The van der Waals surface area contributed by atoms with E-state index >= 15 is 0 Å². The van der Waals surface area contributed by atoms with E-state index in [-0.39, 0.29) is 17.4 Å². The number of likely N-dealkylation sites (tertiary alicyclic amines) is 1. The largest absolute Gasteiger partial charge is 0.349 e. The van der Waals surface area contributed by atoms with E-state index in [1.807, 2.05) is 29.9 Å². The van der Waals surface area contributed by atoms with Gasteiger partial charge in [-0.1, -0.05) is 0 Å². The lowest BCUT2D eigenvalue weighted by Crippen LogP contribution is -2.48. The van der Waals surface area contributed by atoms with Crippen molar-refractivity contribution in [3.8, 4) is 0 Å². The van der Waals surface area contributed by atoms with Crippen molar-refractivity contribution in [3.63, 3.8) is 0 Å². The molecular formula is C14H15N5O2. The van der Waals surface area contributed by atoms with Gasteiger partial charge >= 0.3 is 0 Å². The van der Waals surface area contributed by atoms with Crippen molar-refractivity contribution in [2.45, 2.75) is 5.92 Å². The van der Waals surface area contributed by atoms with Crippen LogP contribution in [0.15, 0.2) is 29.2 Å². The monoisotopic (exact) mass is 285 g/mol. The summed E-state index contributed by atoms with van der Waals surface area (Å²) in [6.45, 7) is 1.25. The van der Waals surface area contributed by atoms with Crippen molar-refractivity contribution in [2.75, 3.05) is 13.1 Å². The van der Waals surface area contributed by atoms with E-state index in [1.165, 1.54) is 0 Å². The van der Waals surface area contributed by atoms with Crippen LogP contribution in [0.3, 0.4) is 0 Å². The standard InChI is InChI=1S/C14H15N5O2/c1-18-3-2-9-12(18)4-11(15-9)14(21)19-6-8(7-19)10-5-13(20)17-16-10/h2-5,8,15H,6-7H2,1H3,(H2,16,17,20). The van der Waals surface area contributed by atoms with Gasteiger partial charge in [-0.2, -0.15) is 0 Å². The van der Waals surface area contributed by atoms with Crippen molar-refractivity contribution in [2.24, 2.45) is 7.05 Å². The molecule has 3 N–H and O–H groups in total. The number of aromatic nitrogens is 4. The van der Waals surface area contributed by atoms with Gasteiger partial charge in [-0.05, 0) is 12.1 Å². The molecule has 0 atom stereocenters. The van der Waals surface area contributed by atoms with Gasteiger partial charge in [0.15, 0.2) is 0 Å². The Morgan fingerprint density at radius 2 is 2.10 bits per heavy atom. The summed E-state index contributed by atoms with van der Waals surface area (Å²) < 4.78 is 1.98. The fraction of sp³-hybridized carbons (Fsp3) is 0.286.